The summed E-state index contributed by atoms with van der Waals surface area (Å²) in [5.41, 5.74) is 0. The molecule has 0 N–H and O–H groups in total. The zero-order valence-corrected chi connectivity index (χ0v) is 10.6. The molecule has 1 aliphatic rings. The maximum atomic E-state index is 4.24. The van der Waals surface area contributed by atoms with Gasteiger partial charge in [0.25, 0.3) is 0 Å². The van der Waals surface area contributed by atoms with E-state index in [2.05, 4.69) is 31.4 Å². The molecule has 1 fully saturated rings. The summed E-state index contributed by atoms with van der Waals surface area (Å²) in [5, 5.41) is 0. The molecule has 2 heteroatoms. The van der Waals surface area contributed by atoms with Crippen LogP contribution in [0.25, 0.3) is 0 Å². The van der Waals surface area contributed by atoms with Crippen LogP contribution in [0.4, 0.5) is 0 Å². The van der Waals surface area contributed by atoms with Gasteiger partial charge in [-0.15, -0.1) is 0 Å². The van der Waals surface area contributed by atoms with Crippen LogP contribution in [0.5, 0.6) is 0 Å². The second-order valence-electron chi connectivity index (χ2n) is 4.77. The molecule has 1 rings (SSSR count). The summed E-state index contributed by atoms with van der Waals surface area (Å²) in [6.07, 6.45) is 6.83. The molecule has 0 saturated carbocycles. The van der Waals surface area contributed by atoms with Crippen molar-refractivity contribution >= 4 is 12.6 Å². The lowest BCUT2D eigenvalue weighted by molar-refractivity contribution is 0.203. The first-order valence-electron chi connectivity index (χ1n) is 6.10. The molecule has 0 aromatic heterocycles. The van der Waals surface area contributed by atoms with Crippen LogP contribution in [0.2, 0.25) is 0 Å². The van der Waals surface area contributed by atoms with E-state index in [-0.39, 0.29) is 0 Å². The zero-order valence-electron chi connectivity index (χ0n) is 9.71. The predicted molar refractivity (Wildman–Crippen MR) is 67.1 cm³/mol. The molecule has 0 aromatic rings. The monoisotopic (exact) mass is 215 g/mol. The van der Waals surface area contributed by atoms with Crippen LogP contribution < -0.4 is 0 Å². The van der Waals surface area contributed by atoms with Crippen molar-refractivity contribution in [2.45, 2.75) is 52.0 Å². The summed E-state index contributed by atoms with van der Waals surface area (Å²) in [6, 6.07) is 0.867. The van der Waals surface area contributed by atoms with E-state index in [0.717, 1.165) is 17.7 Å². The van der Waals surface area contributed by atoms with Gasteiger partial charge in [-0.2, -0.15) is 12.6 Å². The number of likely N-dealkylation sites (tertiary alicyclic amines) is 1. The minimum atomic E-state index is 0.836. The number of rotatable bonds is 6. The van der Waals surface area contributed by atoms with E-state index < -0.39 is 0 Å². The molecule has 1 aliphatic heterocycles. The second kappa shape index (κ2) is 6.73. The fraction of sp³-hybridized carbons (Fsp3) is 1.00. The van der Waals surface area contributed by atoms with Gasteiger partial charge in [0.2, 0.25) is 0 Å². The van der Waals surface area contributed by atoms with E-state index in [1.54, 1.807) is 0 Å². The van der Waals surface area contributed by atoms with E-state index in [0.29, 0.717) is 0 Å². The van der Waals surface area contributed by atoms with Crippen molar-refractivity contribution in [3.05, 3.63) is 0 Å². The van der Waals surface area contributed by atoms with Gasteiger partial charge in [0.15, 0.2) is 0 Å². The summed E-state index contributed by atoms with van der Waals surface area (Å²) in [6.45, 7) is 7.37. The van der Waals surface area contributed by atoms with Crippen molar-refractivity contribution in [1.82, 2.24) is 4.90 Å². The highest BCUT2D eigenvalue weighted by Gasteiger charge is 2.25. The number of thiol groups is 1. The summed E-state index contributed by atoms with van der Waals surface area (Å²) in [5.74, 6) is 1.88. The molecule has 1 heterocycles. The molecule has 14 heavy (non-hydrogen) atoms. The van der Waals surface area contributed by atoms with Gasteiger partial charge in [-0.25, -0.2) is 0 Å². The van der Waals surface area contributed by atoms with Crippen LogP contribution in [-0.2, 0) is 0 Å². The Morgan fingerprint density at radius 2 is 2.07 bits per heavy atom. The summed E-state index contributed by atoms with van der Waals surface area (Å²) < 4.78 is 0. The van der Waals surface area contributed by atoms with Gasteiger partial charge in [0, 0.05) is 6.04 Å². The summed E-state index contributed by atoms with van der Waals surface area (Å²) >= 11 is 4.24. The zero-order chi connectivity index (χ0) is 10.4. The topological polar surface area (TPSA) is 3.24 Å². The SMILES string of the molecule is CC(C)C1CCCN1CCCCCS. The highest BCUT2D eigenvalue weighted by molar-refractivity contribution is 7.80. The van der Waals surface area contributed by atoms with Gasteiger partial charge in [0.05, 0.1) is 0 Å². The predicted octanol–water partition coefficient (Wildman–Crippen LogP) is 3.21. The Morgan fingerprint density at radius 1 is 1.29 bits per heavy atom. The van der Waals surface area contributed by atoms with Gasteiger partial charge in [-0.05, 0) is 50.4 Å². The average Bonchev–Trinajstić information content (AvgIpc) is 2.60. The lowest BCUT2D eigenvalue weighted by atomic mass is 10.0. The molecule has 0 amide bonds. The number of hydrogen-bond acceptors (Lipinski definition) is 2. The lowest BCUT2D eigenvalue weighted by Gasteiger charge is -2.27. The first-order valence-corrected chi connectivity index (χ1v) is 6.74. The van der Waals surface area contributed by atoms with Crippen molar-refractivity contribution in [3.8, 4) is 0 Å². The van der Waals surface area contributed by atoms with Gasteiger partial charge < -0.3 is 4.90 Å². The maximum Gasteiger partial charge on any atom is 0.0119 e. The largest absolute Gasteiger partial charge is 0.300 e. The molecule has 0 spiro atoms. The van der Waals surface area contributed by atoms with Gasteiger partial charge in [-0.3, -0.25) is 0 Å². The molecule has 0 radical (unpaired) electrons. The van der Waals surface area contributed by atoms with E-state index in [9.17, 15) is 0 Å². The minimum absolute atomic E-state index is 0.836. The third kappa shape index (κ3) is 3.82. The molecular formula is C12H25NS. The Hall–Kier alpha value is 0.310. The molecule has 0 aromatic carbocycles. The smallest absolute Gasteiger partial charge is 0.0119 e. The quantitative estimate of drug-likeness (QED) is 0.526. The van der Waals surface area contributed by atoms with Crippen molar-refractivity contribution in [1.29, 1.82) is 0 Å². The van der Waals surface area contributed by atoms with Gasteiger partial charge >= 0.3 is 0 Å². The number of unbranched alkanes of at least 4 members (excludes halogenated alkanes) is 2. The first-order chi connectivity index (χ1) is 6.75. The van der Waals surface area contributed by atoms with Crippen LogP contribution in [0.3, 0.4) is 0 Å². The minimum Gasteiger partial charge on any atom is -0.300 e. The van der Waals surface area contributed by atoms with E-state index in [1.807, 2.05) is 0 Å². The van der Waals surface area contributed by atoms with Crippen LogP contribution in [0.15, 0.2) is 0 Å². The molecule has 0 bridgehead atoms. The maximum absolute atomic E-state index is 4.24. The molecule has 1 saturated heterocycles. The van der Waals surface area contributed by atoms with Crippen molar-refractivity contribution in [2.24, 2.45) is 5.92 Å². The van der Waals surface area contributed by atoms with E-state index >= 15 is 0 Å². The molecule has 1 unspecified atom stereocenters. The highest BCUT2D eigenvalue weighted by Crippen LogP contribution is 2.23. The summed E-state index contributed by atoms with van der Waals surface area (Å²) in [4.78, 5) is 2.70. The van der Waals surface area contributed by atoms with E-state index in [1.165, 1.54) is 45.2 Å². The van der Waals surface area contributed by atoms with Crippen LogP contribution >= 0.6 is 12.6 Å². The Balaban J connectivity index is 2.16. The molecule has 1 nitrogen and oxygen atoms in total. The Labute approximate surface area is 94.7 Å². The van der Waals surface area contributed by atoms with Crippen molar-refractivity contribution in [2.75, 3.05) is 18.8 Å². The Bertz CT molecular complexity index is 147. The van der Waals surface area contributed by atoms with Gasteiger partial charge in [0.1, 0.15) is 0 Å². The number of nitrogens with zero attached hydrogens (tertiary/aromatic N) is 1. The third-order valence-electron chi connectivity index (χ3n) is 3.29. The standard InChI is InChI=1S/C12H25NS/c1-11(2)12-7-6-9-13(12)8-4-3-5-10-14/h11-12,14H,3-10H2,1-2H3. The molecule has 0 aliphatic carbocycles. The second-order valence-corrected chi connectivity index (χ2v) is 5.22. The molecular weight excluding hydrogens is 190 g/mol. The summed E-state index contributed by atoms with van der Waals surface area (Å²) in [7, 11) is 0. The molecule has 1 atom stereocenters. The fourth-order valence-electron chi connectivity index (χ4n) is 2.49. The fourth-order valence-corrected chi connectivity index (χ4v) is 2.71. The first kappa shape index (κ1) is 12.4. The van der Waals surface area contributed by atoms with Crippen LogP contribution in [-0.4, -0.2) is 29.8 Å². The Morgan fingerprint density at radius 3 is 2.71 bits per heavy atom. The van der Waals surface area contributed by atoms with Crippen LogP contribution in [0, 0.1) is 5.92 Å². The Kier molecular flexibility index (Phi) is 5.95. The van der Waals surface area contributed by atoms with Gasteiger partial charge in [-0.1, -0.05) is 20.3 Å². The average molecular weight is 215 g/mol. The van der Waals surface area contributed by atoms with Crippen molar-refractivity contribution < 1.29 is 0 Å². The lowest BCUT2D eigenvalue weighted by Crippen LogP contribution is -2.34. The van der Waals surface area contributed by atoms with Crippen molar-refractivity contribution in [3.63, 3.8) is 0 Å². The normalized spacial score (nSPS) is 23.6. The third-order valence-corrected chi connectivity index (χ3v) is 3.60. The number of hydrogen-bond donors (Lipinski definition) is 1. The highest BCUT2D eigenvalue weighted by atomic mass is 32.1. The van der Waals surface area contributed by atoms with E-state index in [4.69, 9.17) is 0 Å². The van der Waals surface area contributed by atoms with Crippen LogP contribution in [0.1, 0.15) is 46.0 Å². The molecule has 84 valence electrons.